The minimum Gasteiger partial charge on any atom is -0.347 e. The topological polar surface area (TPSA) is 84.1 Å². The summed E-state index contributed by atoms with van der Waals surface area (Å²) in [6.45, 7) is 4.42. The van der Waals surface area contributed by atoms with E-state index in [1.165, 1.54) is 24.8 Å². The van der Waals surface area contributed by atoms with E-state index >= 15 is 0 Å². The molecule has 0 bridgehead atoms. The molecule has 2 fully saturated rings. The average Bonchev–Trinajstić information content (AvgIpc) is 3.43. The number of likely N-dealkylation sites (N-methyl/N-ethyl adjacent to an activating group) is 1. The predicted octanol–water partition coefficient (Wildman–Crippen LogP) is 1.16. The number of nitrogens with zero attached hydrogens (tertiary/aromatic N) is 7. The summed E-state index contributed by atoms with van der Waals surface area (Å²) in [7, 11) is 4.13. The monoisotopic (exact) mass is 412 g/mol. The molecule has 0 radical (unpaired) electrons. The number of amides is 1. The second kappa shape index (κ2) is 7.77. The lowest BCUT2D eigenvalue weighted by Gasteiger charge is -2.42. The van der Waals surface area contributed by atoms with E-state index < -0.39 is 0 Å². The lowest BCUT2D eigenvalue weighted by atomic mass is 9.94. The van der Waals surface area contributed by atoms with Gasteiger partial charge in [-0.05, 0) is 26.3 Å². The summed E-state index contributed by atoms with van der Waals surface area (Å²) >= 11 is 0. The summed E-state index contributed by atoms with van der Waals surface area (Å²) in [5, 5.41) is 16.1. The fourth-order valence-corrected chi connectivity index (χ4v) is 5.41. The van der Waals surface area contributed by atoms with Gasteiger partial charge in [-0.1, -0.05) is 19.3 Å². The first-order valence-electron chi connectivity index (χ1n) is 11.2. The second-order valence-electron chi connectivity index (χ2n) is 9.40. The van der Waals surface area contributed by atoms with E-state index in [0.29, 0.717) is 5.82 Å². The Hall–Kier alpha value is -2.26. The first-order valence-corrected chi connectivity index (χ1v) is 11.2. The Labute approximate surface area is 177 Å². The zero-order valence-electron chi connectivity index (χ0n) is 18.0. The fraction of sp³-hybridized carbons (Fsp3) is 0.714. The third-order valence-corrected chi connectivity index (χ3v) is 7.19. The van der Waals surface area contributed by atoms with Crippen molar-refractivity contribution in [1.82, 2.24) is 39.7 Å². The molecule has 2 aliphatic heterocycles. The van der Waals surface area contributed by atoms with E-state index in [1.54, 1.807) is 0 Å². The first kappa shape index (κ1) is 19.7. The summed E-state index contributed by atoms with van der Waals surface area (Å²) in [6.07, 6.45) is 10.9. The van der Waals surface area contributed by atoms with Crippen molar-refractivity contribution in [2.24, 2.45) is 7.05 Å². The van der Waals surface area contributed by atoms with Gasteiger partial charge in [-0.3, -0.25) is 19.3 Å². The van der Waals surface area contributed by atoms with Crippen LogP contribution < -0.4 is 5.32 Å². The smallest absolute Gasteiger partial charge is 0.289 e. The molecule has 0 aromatic carbocycles. The van der Waals surface area contributed by atoms with E-state index in [-0.39, 0.29) is 17.5 Å². The summed E-state index contributed by atoms with van der Waals surface area (Å²) in [5.41, 5.74) is 1.25. The van der Waals surface area contributed by atoms with Crippen molar-refractivity contribution in [3.8, 4) is 0 Å². The van der Waals surface area contributed by atoms with Gasteiger partial charge in [0.1, 0.15) is 5.82 Å². The molecule has 9 heteroatoms. The van der Waals surface area contributed by atoms with Crippen molar-refractivity contribution < 1.29 is 4.79 Å². The number of nitrogens with one attached hydrogen (secondary N) is 1. The number of aromatic nitrogens is 5. The van der Waals surface area contributed by atoms with Crippen LogP contribution in [0.25, 0.3) is 0 Å². The van der Waals surface area contributed by atoms with Gasteiger partial charge in [-0.15, -0.1) is 10.2 Å². The molecule has 1 amide bonds. The maximum atomic E-state index is 13.0. The highest BCUT2D eigenvalue weighted by molar-refractivity contribution is 5.91. The summed E-state index contributed by atoms with van der Waals surface area (Å²) < 4.78 is 3.93. The number of fused-ring (bicyclic) bond motifs is 1. The van der Waals surface area contributed by atoms with E-state index in [4.69, 9.17) is 0 Å². The van der Waals surface area contributed by atoms with Crippen LogP contribution in [0.15, 0.2) is 12.4 Å². The highest BCUT2D eigenvalue weighted by atomic mass is 16.2. The molecule has 2 aromatic rings. The lowest BCUT2D eigenvalue weighted by molar-refractivity contribution is 0.0646. The predicted molar refractivity (Wildman–Crippen MR) is 112 cm³/mol. The van der Waals surface area contributed by atoms with E-state index in [2.05, 4.69) is 48.2 Å². The molecule has 0 unspecified atom stereocenters. The third kappa shape index (κ3) is 3.65. The van der Waals surface area contributed by atoms with Gasteiger partial charge in [0.25, 0.3) is 5.91 Å². The van der Waals surface area contributed by atoms with Gasteiger partial charge >= 0.3 is 0 Å². The molecule has 1 N–H and O–H groups in total. The van der Waals surface area contributed by atoms with E-state index in [0.717, 1.165) is 57.8 Å². The van der Waals surface area contributed by atoms with Gasteiger partial charge in [0.2, 0.25) is 5.82 Å². The van der Waals surface area contributed by atoms with Crippen LogP contribution in [0.3, 0.4) is 0 Å². The van der Waals surface area contributed by atoms with E-state index in [9.17, 15) is 4.79 Å². The lowest BCUT2D eigenvalue weighted by Crippen LogP contribution is -2.55. The largest absolute Gasteiger partial charge is 0.347 e. The first-order chi connectivity index (χ1) is 14.5. The molecule has 1 atom stereocenters. The Morgan fingerprint density at radius 3 is 2.80 bits per heavy atom. The molecular weight excluding hydrogens is 380 g/mol. The van der Waals surface area contributed by atoms with Gasteiger partial charge in [0, 0.05) is 51.0 Å². The molecular formula is C21H32N8O. The molecule has 30 heavy (non-hydrogen) atoms. The normalized spacial score (nSPS) is 25.7. The molecule has 3 aliphatic rings. The van der Waals surface area contributed by atoms with Crippen molar-refractivity contribution in [3.63, 3.8) is 0 Å². The number of rotatable bonds is 4. The summed E-state index contributed by atoms with van der Waals surface area (Å²) in [6, 6.07) is 0.279. The average molecular weight is 413 g/mol. The molecule has 1 saturated carbocycles. The zero-order valence-corrected chi connectivity index (χ0v) is 18.0. The third-order valence-electron chi connectivity index (χ3n) is 7.19. The number of likely N-dealkylation sites (tertiary alicyclic amines) is 1. The maximum Gasteiger partial charge on any atom is 0.289 e. The van der Waals surface area contributed by atoms with Crippen LogP contribution in [0.5, 0.6) is 0 Å². The molecule has 9 nitrogen and oxygen atoms in total. The molecule has 2 aromatic heterocycles. The van der Waals surface area contributed by atoms with E-state index in [1.807, 2.05) is 17.9 Å². The minimum atomic E-state index is -0.0643. The van der Waals surface area contributed by atoms with Gasteiger partial charge in [-0.25, -0.2) is 0 Å². The van der Waals surface area contributed by atoms with Crippen molar-refractivity contribution >= 4 is 5.91 Å². The number of hydrogen-bond donors (Lipinski definition) is 1. The van der Waals surface area contributed by atoms with Crippen LogP contribution in [0.1, 0.15) is 60.5 Å². The number of hydrogen-bond acceptors (Lipinski definition) is 6. The van der Waals surface area contributed by atoms with Crippen LogP contribution in [0, 0.1) is 0 Å². The van der Waals surface area contributed by atoms with Crippen molar-refractivity contribution in [3.05, 3.63) is 29.6 Å². The number of carbonyl (C=O) groups excluding carboxylic acids is 1. The van der Waals surface area contributed by atoms with Gasteiger partial charge in [0.05, 0.1) is 18.3 Å². The highest BCUT2D eigenvalue weighted by Crippen LogP contribution is 2.34. The van der Waals surface area contributed by atoms with Gasteiger partial charge in [-0.2, -0.15) is 5.10 Å². The Balaban J connectivity index is 1.30. The van der Waals surface area contributed by atoms with Gasteiger partial charge in [0.15, 0.2) is 0 Å². The second-order valence-corrected chi connectivity index (χ2v) is 9.40. The molecule has 4 heterocycles. The zero-order chi connectivity index (χ0) is 20.7. The summed E-state index contributed by atoms with van der Waals surface area (Å²) in [5.74, 6) is 1.31. The van der Waals surface area contributed by atoms with Gasteiger partial charge < -0.3 is 9.88 Å². The SMILES string of the molecule is CN1Cc2nnc(C(=O)NC3CCCCC3)n2C[C@]12CCN(Cc1cnn(C)c1)C2. The fourth-order valence-electron chi connectivity index (χ4n) is 5.41. The van der Waals surface area contributed by atoms with Crippen LogP contribution in [-0.2, 0) is 26.7 Å². The standard InChI is InChI=1S/C21H32N8O/c1-26-13-18-24-25-19(20(30)23-17-6-4-3-5-7-17)29(18)15-21(26)8-9-28(14-21)12-16-10-22-27(2)11-16/h10-11,17H,3-9,12-15H2,1-2H3,(H,23,30)/t21-/m1/s1. The van der Waals surface area contributed by atoms with Crippen LogP contribution in [0.2, 0.25) is 0 Å². The molecule has 5 rings (SSSR count). The molecule has 1 spiro atoms. The van der Waals surface area contributed by atoms with Crippen molar-refractivity contribution in [2.45, 2.75) is 69.7 Å². The van der Waals surface area contributed by atoms with Crippen LogP contribution >= 0.6 is 0 Å². The maximum absolute atomic E-state index is 13.0. The Kier molecular flexibility index (Phi) is 5.10. The Morgan fingerprint density at radius 2 is 2.03 bits per heavy atom. The minimum absolute atomic E-state index is 0.0114. The Bertz CT molecular complexity index is 914. The van der Waals surface area contributed by atoms with Crippen molar-refractivity contribution in [2.75, 3.05) is 20.1 Å². The number of carbonyl (C=O) groups is 1. The number of aryl methyl sites for hydroxylation is 1. The molecule has 1 saturated heterocycles. The van der Waals surface area contributed by atoms with Crippen LogP contribution in [0.4, 0.5) is 0 Å². The van der Waals surface area contributed by atoms with Crippen molar-refractivity contribution in [1.29, 1.82) is 0 Å². The quantitative estimate of drug-likeness (QED) is 0.812. The summed E-state index contributed by atoms with van der Waals surface area (Å²) in [4.78, 5) is 17.9. The molecule has 162 valence electrons. The van der Waals surface area contributed by atoms with Crippen LogP contribution in [-0.4, -0.2) is 72.0 Å². The highest BCUT2D eigenvalue weighted by Gasteiger charge is 2.46. The molecule has 1 aliphatic carbocycles. The Morgan fingerprint density at radius 1 is 1.20 bits per heavy atom.